The quantitative estimate of drug-likeness (QED) is 0.720. The maximum Gasteiger partial charge on any atom is 0.237 e. The number of unbranched alkanes of at least 4 members (excludes halogenated alkanes) is 1. The second kappa shape index (κ2) is 8.13. The van der Waals surface area contributed by atoms with Crippen LogP contribution in [0.3, 0.4) is 0 Å². The monoisotopic (exact) mass is 353 g/mol. The Morgan fingerprint density at radius 1 is 1.23 bits per heavy atom. The minimum Gasteiger partial charge on any atom is -0.369 e. The predicted molar refractivity (Wildman–Crippen MR) is 105 cm³/mol. The summed E-state index contributed by atoms with van der Waals surface area (Å²) >= 11 is 0. The maximum absolute atomic E-state index is 14.5. The van der Waals surface area contributed by atoms with Gasteiger partial charge in [0.1, 0.15) is 11.7 Å². The fraction of sp³-hybridized carbons (Fsp3) is 0.333. The standard InChI is InChI=1S/C21H24FN3O/c1-3-5-12-25(4-2)20-11-10-15(13-18(20)22)23-14-17-16-8-6-7-9-19(16)24-21(17)26/h6-11,13-14,17H,3-5,12H2,1-2H3,(H,24,26). The summed E-state index contributed by atoms with van der Waals surface area (Å²) in [5, 5.41) is 2.84. The van der Waals surface area contributed by atoms with Crippen LogP contribution in [0.1, 0.15) is 38.2 Å². The smallest absolute Gasteiger partial charge is 0.237 e. The van der Waals surface area contributed by atoms with E-state index >= 15 is 0 Å². The van der Waals surface area contributed by atoms with Crippen LogP contribution >= 0.6 is 0 Å². The highest BCUT2D eigenvalue weighted by atomic mass is 19.1. The van der Waals surface area contributed by atoms with E-state index in [0.717, 1.165) is 37.2 Å². The van der Waals surface area contributed by atoms with E-state index in [-0.39, 0.29) is 11.7 Å². The molecule has 1 atom stereocenters. The lowest BCUT2D eigenvalue weighted by molar-refractivity contribution is -0.115. The van der Waals surface area contributed by atoms with Gasteiger partial charge in [0.15, 0.2) is 0 Å². The Morgan fingerprint density at radius 2 is 2.04 bits per heavy atom. The molecule has 0 radical (unpaired) electrons. The lowest BCUT2D eigenvalue weighted by Crippen LogP contribution is -2.24. The van der Waals surface area contributed by atoms with Crippen LogP contribution in [0.4, 0.5) is 21.5 Å². The summed E-state index contributed by atoms with van der Waals surface area (Å²) in [6.07, 6.45) is 3.69. The second-order valence-electron chi connectivity index (χ2n) is 6.40. The number of anilines is 2. The number of benzene rings is 2. The lowest BCUT2D eigenvalue weighted by atomic mass is 10.0. The first-order valence-corrected chi connectivity index (χ1v) is 9.12. The summed E-state index contributed by atoms with van der Waals surface area (Å²) in [6, 6.07) is 12.5. The van der Waals surface area contributed by atoms with E-state index < -0.39 is 5.92 Å². The number of nitrogens with one attached hydrogen (secondary N) is 1. The number of carbonyl (C=O) groups is 1. The number of halogens is 1. The first-order chi connectivity index (χ1) is 12.6. The summed E-state index contributed by atoms with van der Waals surface area (Å²) in [7, 11) is 0. The molecule has 0 aliphatic carbocycles. The lowest BCUT2D eigenvalue weighted by Gasteiger charge is -2.23. The molecule has 2 aromatic rings. The molecular weight excluding hydrogens is 329 g/mol. The Labute approximate surface area is 153 Å². The van der Waals surface area contributed by atoms with Crippen molar-refractivity contribution in [2.45, 2.75) is 32.6 Å². The summed E-state index contributed by atoms with van der Waals surface area (Å²) < 4.78 is 14.5. The number of amides is 1. The summed E-state index contributed by atoms with van der Waals surface area (Å²) in [4.78, 5) is 18.5. The topological polar surface area (TPSA) is 44.7 Å². The molecule has 0 bridgehead atoms. The van der Waals surface area contributed by atoms with Crippen LogP contribution in [0.15, 0.2) is 47.5 Å². The number of hydrogen-bond donors (Lipinski definition) is 1. The zero-order valence-corrected chi connectivity index (χ0v) is 15.2. The third-order valence-corrected chi connectivity index (χ3v) is 4.64. The summed E-state index contributed by atoms with van der Waals surface area (Å²) in [5.41, 5.74) is 2.82. The van der Waals surface area contributed by atoms with E-state index in [1.54, 1.807) is 18.3 Å². The largest absolute Gasteiger partial charge is 0.369 e. The van der Waals surface area contributed by atoms with Crippen molar-refractivity contribution < 1.29 is 9.18 Å². The Bertz CT molecular complexity index is 819. The maximum atomic E-state index is 14.5. The number of fused-ring (bicyclic) bond motifs is 1. The molecule has 0 spiro atoms. The van der Waals surface area contributed by atoms with Gasteiger partial charge in [0, 0.05) is 31.1 Å². The highest BCUT2D eigenvalue weighted by Gasteiger charge is 2.28. The van der Waals surface area contributed by atoms with Gasteiger partial charge >= 0.3 is 0 Å². The van der Waals surface area contributed by atoms with Gasteiger partial charge in [0.25, 0.3) is 0 Å². The van der Waals surface area contributed by atoms with E-state index in [0.29, 0.717) is 11.4 Å². The highest BCUT2D eigenvalue weighted by molar-refractivity contribution is 6.12. The van der Waals surface area contributed by atoms with Crippen LogP contribution in [0.25, 0.3) is 0 Å². The van der Waals surface area contributed by atoms with Crippen LogP contribution in [0.2, 0.25) is 0 Å². The van der Waals surface area contributed by atoms with Gasteiger partial charge in [0.05, 0.1) is 11.4 Å². The minimum absolute atomic E-state index is 0.108. The van der Waals surface area contributed by atoms with Crippen molar-refractivity contribution in [3.63, 3.8) is 0 Å². The van der Waals surface area contributed by atoms with E-state index in [2.05, 4.69) is 17.2 Å². The molecular formula is C21H24FN3O. The Balaban J connectivity index is 1.78. The minimum atomic E-state index is -0.439. The van der Waals surface area contributed by atoms with Gasteiger partial charge in [-0.2, -0.15) is 0 Å². The molecule has 1 N–H and O–H groups in total. The molecule has 2 aromatic carbocycles. The van der Waals surface area contributed by atoms with Crippen molar-refractivity contribution in [1.29, 1.82) is 0 Å². The van der Waals surface area contributed by atoms with Crippen molar-refractivity contribution >= 4 is 29.2 Å². The molecule has 26 heavy (non-hydrogen) atoms. The van der Waals surface area contributed by atoms with Crippen molar-refractivity contribution in [1.82, 2.24) is 0 Å². The predicted octanol–water partition coefficient (Wildman–Crippen LogP) is 4.89. The fourth-order valence-corrected chi connectivity index (χ4v) is 3.17. The van der Waals surface area contributed by atoms with Gasteiger partial charge in [-0.05, 0) is 37.1 Å². The van der Waals surface area contributed by atoms with Gasteiger partial charge in [-0.25, -0.2) is 4.39 Å². The molecule has 1 unspecified atom stereocenters. The number of aliphatic imine (C=N–C) groups is 1. The van der Waals surface area contributed by atoms with Crippen molar-refractivity contribution in [3.8, 4) is 0 Å². The number of para-hydroxylation sites is 1. The van der Waals surface area contributed by atoms with Gasteiger partial charge < -0.3 is 10.2 Å². The number of nitrogens with zero attached hydrogens (tertiary/aromatic N) is 2. The summed E-state index contributed by atoms with van der Waals surface area (Å²) in [6.45, 7) is 5.75. The average Bonchev–Trinajstić information content (AvgIpc) is 2.97. The van der Waals surface area contributed by atoms with Gasteiger partial charge in [0.2, 0.25) is 5.91 Å². The number of hydrogen-bond acceptors (Lipinski definition) is 3. The van der Waals surface area contributed by atoms with E-state index in [1.165, 1.54) is 6.07 Å². The molecule has 1 aliphatic heterocycles. The number of carbonyl (C=O) groups excluding carboxylic acids is 1. The first-order valence-electron chi connectivity index (χ1n) is 9.12. The van der Waals surface area contributed by atoms with Crippen LogP contribution in [-0.2, 0) is 4.79 Å². The normalized spacial score (nSPS) is 16.0. The van der Waals surface area contributed by atoms with E-state index in [4.69, 9.17) is 0 Å². The highest BCUT2D eigenvalue weighted by Crippen LogP contribution is 2.32. The Kier molecular flexibility index (Phi) is 5.66. The molecule has 0 fully saturated rings. The van der Waals surface area contributed by atoms with E-state index in [1.807, 2.05) is 36.1 Å². The van der Waals surface area contributed by atoms with Crippen molar-refractivity contribution in [3.05, 3.63) is 53.8 Å². The first kappa shape index (κ1) is 18.1. The zero-order chi connectivity index (χ0) is 18.5. The van der Waals surface area contributed by atoms with Gasteiger partial charge in [-0.3, -0.25) is 9.79 Å². The van der Waals surface area contributed by atoms with Crippen LogP contribution in [0.5, 0.6) is 0 Å². The molecule has 0 aromatic heterocycles. The molecule has 1 amide bonds. The Hall–Kier alpha value is -2.69. The second-order valence-corrected chi connectivity index (χ2v) is 6.40. The van der Waals surface area contributed by atoms with Gasteiger partial charge in [-0.1, -0.05) is 31.5 Å². The van der Waals surface area contributed by atoms with Crippen LogP contribution in [-0.4, -0.2) is 25.2 Å². The van der Waals surface area contributed by atoms with Crippen molar-refractivity contribution in [2.75, 3.05) is 23.3 Å². The van der Waals surface area contributed by atoms with E-state index in [9.17, 15) is 9.18 Å². The fourth-order valence-electron chi connectivity index (χ4n) is 3.17. The zero-order valence-electron chi connectivity index (χ0n) is 15.2. The molecule has 0 saturated carbocycles. The van der Waals surface area contributed by atoms with Gasteiger partial charge in [-0.15, -0.1) is 0 Å². The molecule has 3 rings (SSSR count). The molecule has 0 saturated heterocycles. The molecule has 136 valence electrons. The van der Waals surface area contributed by atoms with Crippen LogP contribution < -0.4 is 10.2 Å². The number of rotatable bonds is 7. The molecule has 4 nitrogen and oxygen atoms in total. The third kappa shape index (κ3) is 3.77. The van der Waals surface area contributed by atoms with Crippen LogP contribution in [0, 0.1) is 5.82 Å². The average molecular weight is 353 g/mol. The molecule has 5 heteroatoms. The van der Waals surface area contributed by atoms with Crippen molar-refractivity contribution in [2.24, 2.45) is 4.99 Å². The SMILES string of the molecule is CCCCN(CC)c1ccc(N=CC2C(=O)Nc3ccccc32)cc1F. The Morgan fingerprint density at radius 3 is 2.77 bits per heavy atom. The third-order valence-electron chi connectivity index (χ3n) is 4.64. The molecule has 1 aliphatic rings. The summed E-state index contributed by atoms with van der Waals surface area (Å²) in [5.74, 6) is -0.830. The molecule has 1 heterocycles.